The Hall–Kier alpha value is -1.31. The fourth-order valence-corrected chi connectivity index (χ4v) is 2.95. The summed E-state index contributed by atoms with van der Waals surface area (Å²) in [7, 11) is 0. The fourth-order valence-electron chi connectivity index (χ4n) is 2.95. The molecule has 102 valence electrons. The molecule has 2 fully saturated rings. The summed E-state index contributed by atoms with van der Waals surface area (Å²) >= 11 is 0. The highest BCUT2D eigenvalue weighted by molar-refractivity contribution is 5.91. The van der Waals surface area contributed by atoms with E-state index in [0.29, 0.717) is 19.3 Å². The number of halogens is 3. The number of nitrogens with one attached hydrogen (secondary N) is 1. The van der Waals surface area contributed by atoms with Gasteiger partial charge < -0.3 is 15.5 Å². The number of rotatable bonds is 2. The van der Waals surface area contributed by atoms with E-state index in [1.54, 1.807) is 5.32 Å². The van der Waals surface area contributed by atoms with E-state index in [-0.39, 0.29) is 6.42 Å². The molecule has 2 unspecified atom stereocenters. The topological polar surface area (TPSA) is 86.6 Å². The average Bonchev–Trinajstić information content (AvgIpc) is 2.11. The second-order valence-corrected chi connectivity index (χ2v) is 4.89. The highest BCUT2D eigenvalue weighted by Gasteiger charge is 2.73. The molecule has 0 radical (unpaired) electrons. The summed E-state index contributed by atoms with van der Waals surface area (Å²) in [5, 5.41) is 20.3. The van der Waals surface area contributed by atoms with E-state index in [0.717, 1.165) is 0 Å². The van der Waals surface area contributed by atoms with Gasteiger partial charge in [-0.15, -0.1) is 0 Å². The third kappa shape index (κ3) is 1.44. The van der Waals surface area contributed by atoms with Crippen molar-refractivity contribution in [2.45, 2.75) is 43.5 Å². The van der Waals surface area contributed by atoms with Crippen molar-refractivity contribution in [2.24, 2.45) is 5.41 Å². The molecule has 0 aromatic heterocycles. The molecule has 0 aromatic rings. The van der Waals surface area contributed by atoms with Crippen molar-refractivity contribution in [3.05, 3.63) is 0 Å². The Morgan fingerprint density at radius 1 is 1.28 bits per heavy atom. The number of aliphatic hydroxyl groups excluding tert-OH is 1. The molecule has 1 spiro atoms. The van der Waals surface area contributed by atoms with Crippen molar-refractivity contribution < 1.29 is 33.0 Å². The predicted molar refractivity (Wildman–Crippen MR) is 51.5 cm³/mol. The van der Waals surface area contributed by atoms with E-state index in [9.17, 15) is 27.9 Å². The highest BCUT2D eigenvalue weighted by atomic mass is 19.4. The van der Waals surface area contributed by atoms with Crippen LogP contribution in [0.5, 0.6) is 0 Å². The summed E-state index contributed by atoms with van der Waals surface area (Å²) in [6, 6.07) is 0. The van der Waals surface area contributed by atoms with Gasteiger partial charge in [0.1, 0.15) is 5.54 Å². The van der Waals surface area contributed by atoms with Gasteiger partial charge in [-0.1, -0.05) is 6.42 Å². The number of hydrogen-bond acceptors (Lipinski definition) is 3. The molecule has 0 aliphatic heterocycles. The minimum absolute atomic E-state index is 0.304. The minimum Gasteiger partial charge on any atom is -0.479 e. The highest BCUT2D eigenvalue weighted by Crippen LogP contribution is 2.62. The lowest BCUT2D eigenvalue weighted by Gasteiger charge is -2.64. The van der Waals surface area contributed by atoms with Crippen LogP contribution < -0.4 is 5.32 Å². The Morgan fingerprint density at radius 3 is 2.11 bits per heavy atom. The van der Waals surface area contributed by atoms with E-state index >= 15 is 0 Å². The number of carbonyl (C=O) groups excluding carboxylic acids is 1. The van der Waals surface area contributed by atoms with Gasteiger partial charge in [0.05, 0.1) is 6.10 Å². The van der Waals surface area contributed by atoms with Gasteiger partial charge in [-0.05, 0) is 12.8 Å². The second kappa shape index (κ2) is 3.59. The molecule has 2 rings (SSSR count). The molecule has 2 aliphatic rings. The molecule has 0 bridgehead atoms. The zero-order valence-electron chi connectivity index (χ0n) is 9.25. The molecule has 18 heavy (non-hydrogen) atoms. The van der Waals surface area contributed by atoms with E-state index in [2.05, 4.69) is 0 Å². The average molecular weight is 267 g/mol. The van der Waals surface area contributed by atoms with Crippen molar-refractivity contribution in [1.29, 1.82) is 0 Å². The molecule has 0 aromatic carbocycles. The predicted octanol–water partition coefficient (Wildman–Crippen LogP) is 0.423. The number of carboxylic acids is 1. The number of carboxylic acid groups (broad SMARTS) is 1. The summed E-state index contributed by atoms with van der Waals surface area (Å²) in [4.78, 5) is 22.2. The normalized spacial score (nSPS) is 33.4. The van der Waals surface area contributed by atoms with E-state index in [4.69, 9.17) is 5.11 Å². The first-order chi connectivity index (χ1) is 8.16. The Morgan fingerprint density at radius 2 is 1.83 bits per heavy atom. The summed E-state index contributed by atoms with van der Waals surface area (Å²) in [5.41, 5.74) is -3.13. The molecule has 0 heterocycles. The number of amides is 1. The van der Waals surface area contributed by atoms with Crippen LogP contribution >= 0.6 is 0 Å². The van der Waals surface area contributed by atoms with Crippen LogP contribution in [0.25, 0.3) is 0 Å². The maximum Gasteiger partial charge on any atom is 0.471 e. The second-order valence-electron chi connectivity index (χ2n) is 4.89. The Bertz CT molecular complexity index is 404. The maximum absolute atomic E-state index is 12.2. The van der Waals surface area contributed by atoms with Crippen molar-refractivity contribution >= 4 is 11.9 Å². The number of alkyl halides is 3. The number of aliphatic carboxylic acids is 1. The van der Waals surface area contributed by atoms with Crippen LogP contribution in [0.1, 0.15) is 25.7 Å². The molecule has 5 nitrogen and oxygen atoms in total. The van der Waals surface area contributed by atoms with Crippen molar-refractivity contribution in [3.63, 3.8) is 0 Å². The molecule has 3 N–H and O–H groups in total. The van der Waals surface area contributed by atoms with Crippen LogP contribution in [0, 0.1) is 5.41 Å². The Balaban J connectivity index is 2.25. The lowest BCUT2D eigenvalue weighted by Crippen LogP contribution is -2.80. The van der Waals surface area contributed by atoms with Gasteiger partial charge in [-0.25, -0.2) is 4.79 Å². The monoisotopic (exact) mass is 267 g/mol. The maximum atomic E-state index is 12.2. The first kappa shape index (κ1) is 13.1. The molecule has 2 aliphatic carbocycles. The zero-order valence-corrected chi connectivity index (χ0v) is 9.25. The SMILES string of the molecule is O=C(NC1(C(=O)O)CC(O)C12CCC2)C(F)(F)F. The third-order valence-corrected chi connectivity index (χ3v) is 4.18. The Labute approximate surface area is 100.0 Å². The van der Waals surface area contributed by atoms with Gasteiger partial charge in [0, 0.05) is 11.8 Å². The summed E-state index contributed by atoms with van der Waals surface area (Å²) in [6.07, 6.45) is -5.25. The van der Waals surface area contributed by atoms with E-state index < -0.39 is 35.1 Å². The molecule has 1 amide bonds. The number of carbonyl (C=O) groups is 2. The molecular weight excluding hydrogens is 255 g/mol. The van der Waals surface area contributed by atoms with Gasteiger partial charge >= 0.3 is 18.1 Å². The van der Waals surface area contributed by atoms with Gasteiger partial charge in [0.25, 0.3) is 0 Å². The van der Waals surface area contributed by atoms with Crippen LogP contribution in [0.2, 0.25) is 0 Å². The van der Waals surface area contributed by atoms with Crippen molar-refractivity contribution in [1.82, 2.24) is 5.32 Å². The largest absolute Gasteiger partial charge is 0.479 e. The van der Waals surface area contributed by atoms with Crippen LogP contribution in [0.4, 0.5) is 13.2 Å². The van der Waals surface area contributed by atoms with Gasteiger partial charge in [-0.3, -0.25) is 4.79 Å². The van der Waals surface area contributed by atoms with Crippen LogP contribution in [-0.2, 0) is 9.59 Å². The molecule has 2 atom stereocenters. The Kier molecular flexibility index (Phi) is 2.62. The summed E-state index contributed by atoms with van der Waals surface area (Å²) < 4.78 is 36.6. The summed E-state index contributed by atoms with van der Waals surface area (Å²) in [6.45, 7) is 0. The number of hydrogen-bond donors (Lipinski definition) is 3. The van der Waals surface area contributed by atoms with Crippen LogP contribution in [-0.4, -0.2) is 39.9 Å². The smallest absolute Gasteiger partial charge is 0.471 e. The summed E-state index contributed by atoms with van der Waals surface area (Å²) in [5.74, 6) is -3.80. The first-order valence-corrected chi connectivity index (χ1v) is 5.46. The van der Waals surface area contributed by atoms with Crippen LogP contribution in [0.3, 0.4) is 0 Å². The first-order valence-electron chi connectivity index (χ1n) is 5.46. The molecule has 2 saturated carbocycles. The van der Waals surface area contributed by atoms with Gasteiger partial charge in [0.2, 0.25) is 0 Å². The lowest BCUT2D eigenvalue weighted by molar-refractivity contribution is -0.222. The standard InChI is InChI=1S/C10H12F3NO4/c11-10(12,13)6(16)14-9(7(17)18)4-5(15)8(9)2-1-3-8/h5,15H,1-4H2,(H,14,16)(H,17,18). The van der Waals surface area contributed by atoms with Gasteiger partial charge in [0.15, 0.2) is 0 Å². The zero-order chi connectivity index (χ0) is 13.8. The molecule has 8 heteroatoms. The van der Waals surface area contributed by atoms with Crippen molar-refractivity contribution in [2.75, 3.05) is 0 Å². The van der Waals surface area contributed by atoms with Gasteiger partial charge in [-0.2, -0.15) is 13.2 Å². The third-order valence-electron chi connectivity index (χ3n) is 4.18. The minimum atomic E-state index is -5.13. The van der Waals surface area contributed by atoms with Crippen molar-refractivity contribution in [3.8, 4) is 0 Å². The lowest BCUT2D eigenvalue weighted by atomic mass is 9.43. The molecular formula is C10H12F3NO4. The van der Waals surface area contributed by atoms with E-state index in [1.807, 2.05) is 0 Å². The molecule has 0 saturated heterocycles. The quantitative estimate of drug-likeness (QED) is 0.677. The number of aliphatic hydroxyl groups is 1. The van der Waals surface area contributed by atoms with Crippen LogP contribution in [0.15, 0.2) is 0 Å². The van der Waals surface area contributed by atoms with E-state index in [1.165, 1.54) is 0 Å². The fraction of sp³-hybridized carbons (Fsp3) is 0.800.